The second kappa shape index (κ2) is 13.4. The third-order valence-electron chi connectivity index (χ3n) is 6.40. The minimum atomic E-state index is -5.08. The topological polar surface area (TPSA) is 107 Å². The number of likely N-dealkylation sites (tertiary alicyclic amines) is 1. The Bertz CT molecular complexity index is 819. The highest BCUT2D eigenvalue weighted by Gasteiger charge is 2.42. The molecule has 0 unspecified atom stereocenters. The van der Waals surface area contributed by atoms with E-state index in [0.29, 0.717) is 12.0 Å². The normalized spacial score (nSPS) is 25.3. The van der Waals surface area contributed by atoms with Crippen LogP contribution in [-0.4, -0.2) is 115 Å². The summed E-state index contributed by atoms with van der Waals surface area (Å²) < 4.78 is 74.9. The summed E-state index contributed by atoms with van der Waals surface area (Å²) in [5.41, 5.74) is 1.29. The van der Waals surface area contributed by atoms with Crippen molar-refractivity contribution in [3.8, 4) is 0 Å². The second-order valence-corrected chi connectivity index (χ2v) is 9.16. The lowest BCUT2D eigenvalue weighted by Gasteiger charge is -2.38. The number of ether oxygens (including phenoxy) is 1. The number of alkyl halides is 6. The number of likely N-dealkylation sites (N-methyl/N-ethyl adjacent to an activating group) is 1. The van der Waals surface area contributed by atoms with Crippen LogP contribution in [0.25, 0.3) is 0 Å². The van der Waals surface area contributed by atoms with Gasteiger partial charge < -0.3 is 24.3 Å². The molecule has 0 saturated carbocycles. The number of aliphatic carboxylic acids is 2. The maximum absolute atomic E-state index is 10.6. The van der Waals surface area contributed by atoms with Gasteiger partial charge in [0.2, 0.25) is 0 Å². The monoisotopic (exact) mass is 547 g/mol. The van der Waals surface area contributed by atoms with Crippen molar-refractivity contribution in [1.82, 2.24) is 14.7 Å². The Morgan fingerprint density at radius 1 is 0.973 bits per heavy atom. The summed E-state index contributed by atoms with van der Waals surface area (Å²) in [6, 6.07) is 2.08. The fraction of sp³-hybridized carbons (Fsp3) is 0.727. The highest BCUT2D eigenvalue weighted by Crippen LogP contribution is 2.35. The molecule has 212 valence electrons. The molecule has 3 aliphatic rings. The first-order valence-electron chi connectivity index (χ1n) is 11.5. The Morgan fingerprint density at radius 2 is 1.54 bits per heavy atom. The van der Waals surface area contributed by atoms with E-state index in [1.807, 2.05) is 6.26 Å². The van der Waals surface area contributed by atoms with E-state index in [-0.39, 0.29) is 0 Å². The molecule has 3 fully saturated rings. The molecule has 0 radical (unpaired) electrons. The van der Waals surface area contributed by atoms with Gasteiger partial charge in [-0.25, -0.2) is 9.59 Å². The first-order chi connectivity index (χ1) is 17.2. The predicted octanol–water partition coefficient (Wildman–Crippen LogP) is 2.63. The van der Waals surface area contributed by atoms with Crippen molar-refractivity contribution in [2.75, 3.05) is 59.5 Å². The van der Waals surface area contributed by atoms with Gasteiger partial charge in [0.1, 0.15) is 0 Å². The smallest absolute Gasteiger partial charge is 0.475 e. The molecule has 9 nitrogen and oxygen atoms in total. The van der Waals surface area contributed by atoms with E-state index in [2.05, 4.69) is 27.8 Å². The van der Waals surface area contributed by atoms with Crippen LogP contribution >= 0.6 is 0 Å². The molecule has 1 aromatic rings. The molecule has 4 heterocycles. The summed E-state index contributed by atoms with van der Waals surface area (Å²) in [7, 11) is 2.22. The molecule has 2 N–H and O–H groups in total. The van der Waals surface area contributed by atoms with Crippen molar-refractivity contribution in [2.24, 2.45) is 11.8 Å². The SMILES string of the molecule is CN1CCN(C[C@H]2OC[C@@H]3CCN(Cc4ccoc4)C[C@@H]32)CC1.O=C(O)C(F)(F)F.O=C(O)C(F)(F)F. The van der Waals surface area contributed by atoms with Crippen molar-refractivity contribution >= 4 is 11.9 Å². The standard InChI is InChI=1S/C18H29N3O2.2C2HF3O2/c1-19-5-7-20(8-6-19)12-18-17-11-21(4-2-16(17)14-23-18)10-15-3-9-22-13-15;2*3-2(4,5)1(6)7/h3,9,13,16-18H,2,4-8,10-12,14H2,1H3;2*(H,6,7)/t16-,17-,18+;;/m0../s1. The van der Waals surface area contributed by atoms with E-state index in [9.17, 15) is 26.3 Å². The Labute approximate surface area is 209 Å². The number of carboxylic acid groups (broad SMARTS) is 2. The van der Waals surface area contributed by atoms with Crippen molar-refractivity contribution in [2.45, 2.75) is 31.4 Å². The van der Waals surface area contributed by atoms with Crippen LogP contribution in [0.3, 0.4) is 0 Å². The Kier molecular flexibility index (Phi) is 11.2. The predicted molar refractivity (Wildman–Crippen MR) is 117 cm³/mol. The summed E-state index contributed by atoms with van der Waals surface area (Å²) in [5, 5.41) is 14.2. The molecule has 15 heteroatoms. The molecule has 1 aromatic heterocycles. The van der Waals surface area contributed by atoms with Crippen LogP contribution in [0.4, 0.5) is 26.3 Å². The molecule has 3 atom stereocenters. The largest absolute Gasteiger partial charge is 0.490 e. The molecule has 0 spiro atoms. The number of carboxylic acids is 2. The van der Waals surface area contributed by atoms with Gasteiger partial charge in [0.15, 0.2) is 0 Å². The van der Waals surface area contributed by atoms with E-state index in [1.165, 1.54) is 51.3 Å². The number of fused-ring (bicyclic) bond motifs is 1. The number of nitrogens with zero attached hydrogens (tertiary/aromatic N) is 3. The Balaban J connectivity index is 0.000000286. The van der Waals surface area contributed by atoms with Crippen molar-refractivity contribution < 1.29 is 55.3 Å². The van der Waals surface area contributed by atoms with Crippen molar-refractivity contribution in [3.63, 3.8) is 0 Å². The van der Waals surface area contributed by atoms with Gasteiger partial charge in [-0.15, -0.1) is 0 Å². The number of rotatable bonds is 4. The van der Waals surface area contributed by atoms with E-state index in [4.69, 9.17) is 29.0 Å². The minimum Gasteiger partial charge on any atom is -0.475 e. The van der Waals surface area contributed by atoms with E-state index < -0.39 is 24.3 Å². The molecule has 0 amide bonds. The number of piperidine rings is 1. The fourth-order valence-electron chi connectivity index (χ4n) is 4.36. The number of hydrogen-bond donors (Lipinski definition) is 2. The van der Waals surface area contributed by atoms with Gasteiger partial charge >= 0.3 is 24.3 Å². The van der Waals surface area contributed by atoms with E-state index >= 15 is 0 Å². The summed E-state index contributed by atoms with van der Waals surface area (Å²) in [6.45, 7) is 10.2. The average Bonchev–Trinajstić information content (AvgIpc) is 3.45. The van der Waals surface area contributed by atoms with Crippen LogP contribution in [0.1, 0.15) is 12.0 Å². The summed E-state index contributed by atoms with van der Waals surface area (Å²) in [4.78, 5) is 25.4. The van der Waals surface area contributed by atoms with Gasteiger partial charge in [0.25, 0.3) is 0 Å². The average molecular weight is 547 g/mol. The first kappa shape index (κ1) is 30.9. The van der Waals surface area contributed by atoms with Crippen LogP contribution in [0.5, 0.6) is 0 Å². The number of carbonyl (C=O) groups is 2. The zero-order chi connectivity index (χ0) is 27.8. The molecule has 37 heavy (non-hydrogen) atoms. The zero-order valence-electron chi connectivity index (χ0n) is 20.2. The molecule has 0 aromatic carbocycles. The molecule has 3 saturated heterocycles. The van der Waals surface area contributed by atoms with Gasteiger partial charge in [-0.1, -0.05) is 0 Å². The maximum atomic E-state index is 10.6. The molecule has 3 aliphatic heterocycles. The Morgan fingerprint density at radius 3 is 2.03 bits per heavy atom. The second-order valence-electron chi connectivity index (χ2n) is 9.16. The number of halogens is 6. The van der Waals surface area contributed by atoms with Gasteiger partial charge in [-0.05, 0) is 32.0 Å². The van der Waals surface area contributed by atoms with Crippen LogP contribution < -0.4 is 0 Å². The lowest BCUT2D eigenvalue weighted by molar-refractivity contribution is -0.193. The highest BCUT2D eigenvalue weighted by atomic mass is 19.4. The maximum Gasteiger partial charge on any atom is 0.490 e. The lowest BCUT2D eigenvalue weighted by atomic mass is 9.84. The quantitative estimate of drug-likeness (QED) is 0.551. The van der Waals surface area contributed by atoms with Crippen molar-refractivity contribution in [3.05, 3.63) is 24.2 Å². The van der Waals surface area contributed by atoms with Crippen LogP contribution in [-0.2, 0) is 20.9 Å². The van der Waals surface area contributed by atoms with Crippen LogP contribution in [0.15, 0.2) is 23.0 Å². The van der Waals surface area contributed by atoms with Crippen LogP contribution in [0.2, 0.25) is 0 Å². The lowest BCUT2D eigenvalue weighted by Crippen LogP contribution is -2.49. The van der Waals surface area contributed by atoms with Gasteiger partial charge in [-0.2, -0.15) is 26.3 Å². The first-order valence-corrected chi connectivity index (χ1v) is 11.5. The number of piperazine rings is 1. The summed E-state index contributed by atoms with van der Waals surface area (Å²) >= 11 is 0. The van der Waals surface area contributed by atoms with Crippen molar-refractivity contribution in [1.29, 1.82) is 0 Å². The Hall–Kier alpha value is -2.36. The number of hydrogen-bond acceptors (Lipinski definition) is 7. The summed E-state index contributed by atoms with van der Waals surface area (Å²) in [5.74, 6) is -4.04. The molecule has 0 aliphatic carbocycles. The van der Waals surface area contributed by atoms with E-state index in [0.717, 1.165) is 25.6 Å². The third-order valence-corrected chi connectivity index (χ3v) is 6.40. The minimum absolute atomic E-state index is 0.426. The highest BCUT2D eigenvalue weighted by molar-refractivity contribution is 5.73. The summed E-state index contributed by atoms with van der Waals surface area (Å²) in [6.07, 6.45) is -4.81. The fourth-order valence-corrected chi connectivity index (χ4v) is 4.36. The number of furan rings is 1. The molecule has 0 bridgehead atoms. The third kappa shape index (κ3) is 10.5. The molecular formula is C22H31F6N3O6. The van der Waals surface area contributed by atoms with Gasteiger partial charge in [-0.3, -0.25) is 9.80 Å². The zero-order valence-corrected chi connectivity index (χ0v) is 20.2. The van der Waals surface area contributed by atoms with Gasteiger partial charge in [0, 0.05) is 57.3 Å². The molecule has 4 rings (SSSR count). The van der Waals surface area contributed by atoms with Gasteiger partial charge in [0.05, 0.1) is 25.2 Å². The van der Waals surface area contributed by atoms with E-state index in [1.54, 1.807) is 6.26 Å². The van der Waals surface area contributed by atoms with Crippen LogP contribution in [0, 0.1) is 11.8 Å². The molecular weight excluding hydrogens is 516 g/mol.